The minimum absolute atomic E-state index is 0.270. The van der Waals surface area contributed by atoms with Crippen LogP contribution in [0.5, 0.6) is 0 Å². The molecule has 2 rings (SSSR count). The summed E-state index contributed by atoms with van der Waals surface area (Å²) in [5.41, 5.74) is 0.937. The molecule has 0 amide bonds. The van der Waals surface area contributed by atoms with Crippen LogP contribution in [0.4, 0.5) is 5.13 Å². The van der Waals surface area contributed by atoms with E-state index in [-0.39, 0.29) is 12.0 Å². The first kappa shape index (κ1) is 13.3. The molecule has 1 heterocycles. The van der Waals surface area contributed by atoms with Crippen LogP contribution in [0.25, 0.3) is 10.2 Å². The molecule has 18 heavy (non-hydrogen) atoms. The Hall–Kier alpha value is -1.14. The summed E-state index contributed by atoms with van der Waals surface area (Å²) in [6, 6.07) is 7.52. The monoisotopic (exact) mass is 328 g/mol. The third kappa shape index (κ3) is 3.00. The number of benzene rings is 1. The van der Waals surface area contributed by atoms with Crippen LogP contribution in [0, 0.1) is 0 Å². The molecular formula is C12H13BrN2O2S. The smallest absolute Gasteiger partial charge is 0.328 e. The number of nitrogens with one attached hydrogen (secondary N) is 1. The van der Waals surface area contributed by atoms with E-state index in [4.69, 9.17) is 4.74 Å². The van der Waals surface area contributed by atoms with Crippen molar-refractivity contribution in [2.45, 2.75) is 12.5 Å². The van der Waals surface area contributed by atoms with E-state index in [0.717, 1.165) is 20.7 Å². The average molecular weight is 329 g/mol. The number of methoxy groups -OCH3 is 1. The van der Waals surface area contributed by atoms with Crippen molar-refractivity contribution in [1.82, 2.24) is 4.98 Å². The van der Waals surface area contributed by atoms with Gasteiger partial charge in [0.05, 0.1) is 17.3 Å². The summed E-state index contributed by atoms with van der Waals surface area (Å²) >= 11 is 4.86. The zero-order valence-electron chi connectivity index (χ0n) is 9.85. The number of thiazole rings is 1. The summed E-state index contributed by atoms with van der Waals surface area (Å²) in [5.74, 6) is -0.270. The van der Waals surface area contributed by atoms with Crippen molar-refractivity contribution < 1.29 is 9.53 Å². The lowest BCUT2D eigenvalue weighted by Gasteiger charge is -2.13. The molecule has 0 aliphatic carbocycles. The van der Waals surface area contributed by atoms with E-state index in [0.29, 0.717) is 6.42 Å². The van der Waals surface area contributed by atoms with Crippen LogP contribution in [0.3, 0.4) is 0 Å². The van der Waals surface area contributed by atoms with Gasteiger partial charge in [-0.3, -0.25) is 0 Å². The number of hydrogen-bond donors (Lipinski definition) is 1. The quantitative estimate of drug-likeness (QED) is 0.677. The lowest BCUT2D eigenvalue weighted by molar-refractivity contribution is -0.141. The number of rotatable bonds is 5. The molecule has 0 saturated heterocycles. The second-order valence-electron chi connectivity index (χ2n) is 3.68. The van der Waals surface area contributed by atoms with E-state index >= 15 is 0 Å². The van der Waals surface area contributed by atoms with Crippen molar-refractivity contribution in [2.24, 2.45) is 0 Å². The number of para-hydroxylation sites is 1. The molecular weight excluding hydrogens is 316 g/mol. The number of esters is 1. The van der Waals surface area contributed by atoms with Crippen LogP contribution >= 0.6 is 27.3 Å². The van der Waals surface area contributed by atoms with Crippen LogP contribution in [0.2, 0.25) is 0 Å². The second kappa shape index (κ2) is 6.15. The number of ether oxygens (including phenoxy) is 1. The first-order valence-electron chi connectivity index (χ1n) is 5.50. The Morgan fingerprint density at radius 2 is 2.33 bits per heavy atom. The molecule has 0 unspecified atom stereocenters. The van der Waals surface area contributed by atoms with Crippen LogP contribution < -0.4 is 5.32 Å². The van der Waals surface area contributed by atoms with E-state index in [1.54, 1.807) is 0 Å². The van der Waals surface area contributed by atoms with E-state index in [1.165, 1.54) is 18.4 Å². The van der Waals surface area contributed by atoms with Crippen LogP contribution in [-0.4, -0.2) is 29.4 Å². The van der Waals surface area contributed by atoms with E-state index < -0.39 is 0 Å². The molecule has 1 aromatic heterocycles. The lowest BCUT2D eigenvalue weighted by atomic mass is 10.2. The van der Waals surface area contributed by atoms with Crippen LogP contribution in [0.1, 0.15) is 6.42 Å². The van der Waals surface area contributed by atoms with Crippen LogP contribution in [0.15, 0.2) is 24.3 Å². The van der Waals surface area contributed by atoms with Crippen molar-refractivity contribution in [3.05, 3.63) is 24.3 Å². The van der Waals surface area contributed by atoms with E-state index in [2.05, 4.69) is 26.2 Å². The fourth-order valence-electron chi connectivity index (χ4n) is 1.58. The second-order valence-corrected chi connectivity index (χ2v) is 5.51. The van der Waals surface area contributed by atoms with Crippen molar-refractivity contribution in [3.63, 3.8) is 0 Å². The standard InChI is InChI=1S/C12H13BrN2O2S/c1-17-11(16)9(6-7-13)15-12-14-8-4-2-3-5-10(8)18-12/h2-5,9H,6-7H2,1H3,(H,14,15)/t9-/m0/s1. The lowest BCUT2D eigenvalue weighted by Crippen LogP contribution is -2.30. The highest BCUT2D eigenvalue weighted by Gasteiger charge is 2.19. The molecule has 1 N–H and O–H groups in total. The van der Waals surface area contributed by atoms with E-state index in [1.807, 2.05) is 24.3 Å². The van der Waals surface area contributed by atoms with Gasteiger partial charge in [-0.15, -0.1) is 0 Å². The Bertz CT molecular complexity index is 511. The number of halogens is 1. The summed E-state index contributed by atoms with van der Waals surface area (Å²) in [4.78, 5) is 16.0. The molecule has 0 aliphatic rings. The van der Waals surface area contributed by atoms with Gasteiger partial charge in [-0.2, -0.15) is 0 Å². The van der Waals surface area contributed by atoms with Gasteiger partial charge in [0, 0.05) is 5.33 Å². The third-order valence-corrected chi connectivity index (χ3v) is 3.90. The van der Waals surface area contributed by atoms with Gasteiger partial charge < -0.3 is 10.1 Å². The van der Waals surface area contributed by atoms with Crippen molar-refractivity contribution in [2.75, 3.05) is 17.8 Å². The van der Waals surface area contributed by atoms with Gasteiger partial charge in [0.1, 0.15) is 6.04 Å². The van der Waals surface area contributed by atoms with Crippen molar-refractivity contribution in [3.8, 4) is 0 Å². The normalized spacial score (nSPS) is 12.3. The minimum atomic E-state index is -0.366. The number of alkyl halides is 1. The Morgan fingerprint density at radius 1 is 1.56 bits per heavy atom. The SMILES string of the molecule is COC(=O)[C@H](CCBr)Nc1nc2ccccc2s1. The molecule has 0 saturated carbocycles. The summed E-state index contributed by atoms with van der Waals surface area (Å²) in [6.45, 7) is 0. The summed E-state index contributed by atoms with van der Waals surface area (Å²) in [5, 5.41) is 4.59. The largest absolute Gasteiger partial charge is 0.467 e. The fraction of sp³-hybridized carbons (Fsp3) is 0.333. The molecule has 0 radical (unpaired) electrons. The molecule has 96 valence electrons. The summed E-state index contributed by atoms with van der Waals surface area (Å²) in [7, 11) is 1.39. The molecule has 0 aliphatic heterocycles. The zero-order chi connectivity index (χ0) is 13.0. The first-order valence-corrected chi connectivity index (χ1v) is 7.44. The topological polar surface area (TPSA) is 51.2 Å². The molecule has 1 atom stereocenters. The van der Waals surface area contributed by atoms with Gasteiger partial charge in [-0.1, -0.05) is 39.4 Å². The maximum atomic E-state index is 11.6. The predicted molar refractivity (Wildman–Crippen MR) is 77.5 cm³/mol. The van der Waals surface area contributed by atoms with Gasteiger partial charge in [-0.25, -0.2) is 9.78 Å². The van der Waals surface area contributed by atoms with Crippen molar-refractivity contribution >= 4 is 48.6 Å². The highest BCUT2D eigenvalue weighted by atomic mass is 79.9. The molecule has 0 fully saturated rings. The molecule has 2 aromatic rings. The molecule has 1 aromatic carbocycles. The van der Waals surface area contributed by atoms with Gasteiger partial charge in [0.2, 0.25) is 0 Å². The predicted octanol–water partition coefficient (Wildman–Crippen LogP) is 3.03. The number of carbonyl (C=O) groups excluding carboxylic acids is 1. The average Bonchev–Trinajstić information content (AvgIpc) is 2.79. The van der Waals surface area contributed by atoms with Gasteiger partial charge in [0.25, 0.3) is 0 Å². The minimum Gasteiger partial charge on any atom is -0.467 e. The van der Waals surface area contributed by atoms with Gasteiger partial charge in [-0.05, 0) is 18.6 Å². The number of carbonyl (C=O) groups is 1. The Balaban J connectivity index is 2.17. The maximum Gasteiger partial charge on any atom is 0.328 e. The summed E-state index contributed by atoms with van der Waals surface area (Å²) < 4.78 is 5.87. The zero-order valence-corrected chi connectivity index (χ0v) is 12.3. The first-order chi connectivity index (χ1) is 8.74. The van der Waals surface area contributed by atoms with Crippen molar-refractivity contribution in [1.29, 1.82) is 0 Å². The molecule has 6 heteroatoms. The number of aromatic nitrogens is 1. The Kier molecular flexibility index (Phi) is 4.54. The number of fused-ring (bicyclic) bond motifs is 1. The molecule has 0 bridgehead atoms. The molecule has 0 spiro atoms. The highest BCUT2D eigenvalue weighted by molar-refractivity contribution is 9.09. The number of anilines is 1. The van der Waals surface area contributed by atoms with E-state index in [9.17, 15) is 4.79 Å². The number of hydrogen-bond acceptors (Lipinski definition) is 5. The van der Waals surface area contributed by atoms with Crippen LogP contribution in [-0.2, 0) is 9.53 Å². The Labute approximate surface area is 117 Å². The van der Waals surface area contributed by atoms with Gasteiger partial charge in [0.15, 0.2) is 5.13 Å². The summed E-state index contributed by atoms with van der Waals surface area (Å²) in [6.07, 6.45) is 0.655. The van der Waals surface area contributed by atoms with Gasteiger partial charge >= 0.3 is 5.97 Å². The highest BCUT2D eigenvalue weighted by Crippen LogP contribution is 2.26. The number of nitrogens with zero attached hydrogens (tertiary/aromatic N) is 1. The molecule has 4 nitrogen and oxygen atoms in total. The fourth-order valence-corrected chi connectivity index (χ4v) is 2.96. The third-order valence-electron chi connectivity index (χ3n) is 2.48. The Morgan fingerprint density at radius 3 is 3.00 bits per heavy atom. The maximum absolute atomic E-state index is 11.6.